The Bertz CT molecular complexity index is 1410. The van der Waals surface area contributed by atoms with Crippen LogP contribution < -0.4 is 10.2 Å². The van der Waals surface area contributed by atoms with E-state index in [0.29, 0.717) is 42.2 Å². The van der Waals surface area contributed by atoms with E-state index in [1.165, 1.54) is 0 Å². The molecule has 2 fully saturated rings. The van der Waals surface area contributed by atoms with Gasteiger partial charge in [-0.3, -0.25) is 9.89 Å². The molecule has 2 aliphatic rings. The van der Waals surface area contributed by atoms with Crippen molar-refractivity contribution >= 4 is 44.9 Å². The zero-order chi connectivity index (χ0) is 22.7. The van der Waals surface area contributed by atoms with Crippen molar-refractivity contribution in [2.75, 3.05) is 37.6 Å². The van der Waals surface area contributed by atoms with Crippen LogP contribution in [0.3, 0.4) is 0 Å². The summed E-state index contributed by atoms with van der Waals surface area (Å²) in [6.07, 6.45) is 1.71. The van der Waals surface area contributed by atoms with Crippen LogP contribution >= 0.6 is 11.6 Å². The molecule has 168 valence electrons. The van der Waals surface area contributed by atoms with Gasteiger partial charge in [0.1, 0.15) is 5.82 Å². The number of carbonyl (C=O) groups is 1. The molecule has 3 aromatic carbocycles. The zero-order valence-electron chi connectivity index (χ0n) is 18.2. The Labute approximate surface area is 195 Å². The van der Waals surface area contributed by atoms with Gasteiger partial charge in [0.15, 0.2) is 0 Å². The topological polar surface area (TPSA) is 74.2 Å². The number of rotatable bonds is 3. The molecule has 1 amide bonds. The largest absolute Gasteiger partial charge is 0.367 e. The number of benzene rings is 3. The Morgan fingerprint density at radius 1 is 1.09 bits per heavy atom. The van der Waals surface area contributed by atoms with Crippen molar-refractivity contribution in [2.24, 2.45) is 0 Å². The molecule has 8 heteroatoms. The standard InChI is InChI=1S/C25H23ClFN5O/c1-14-5-6-19-17(12-29-30-19)22(14)23-18(26)11-16-15(24(23)27)3-2-4-21(16)31-7-9-32(10-8-31)25(33)20-13-28-20/h2-6,11-12,20,28H,7-10,13H2,1H3,(H,29,30)/t20-/m0/s1. The summed E-state index contributed by atoms with van der Waals surface area (Å²) in [5.74, 6) is -0.153. The minimum absolute atomic E-state index is 0.0106. The van der Waals surface area contributed by atoms with Gasteiger partial charge in [-0.25, -0.2) is 4.39 Å². The highest BCUT2D eigenvalue weighted by Gasteiger charge is 2.34. The van der Waals surface area contributed by atoms with Crippen molar-refractivity contribution in [1.82, 2.24) is 20.4 Å². The van der Waals surface area contributed by atoms with Crippen molar-refractivity contribution in [3.8, 4) is 11.1 Å². The van der Waals surface area contributed by atoms with Gasteiger partial charge in [0.25, 0.3) is 0 Å². The Balaban J connectivity index is 1.41. The highest BCUT2D eigenvalue weighted by molar-refractivity contribution is 6.35. The number of aryl methyl sites for hydroxylation is 1. The Morgan fingerprint density at radius 3 is 2.64 bits per heavy atom. The number of aromatic nitrogens is 2. The lowest BCUT2D eigenvalue weighted by Gasteiger charge is -2.36. The van der Waals surface area contributed by atoms with Crippen molar-refractivity contribution < 1.29 is 9.18 Å². The zero-order valence-corrected chi connectivity index (χ0v) is 18.9. The van der Waals surface area contributed by atoms with Crippen LogP contribution in [0.25, 0.3) is 32.8 Å². The molecule has 2 saturated heterocycles. The minimum Gasteiger partial charge on any atom is -0.367 e. The fourth-order valence-corrected chi connectivity index (χ4v) is 5.21. The molecule has 0 unspecified atom stereocenters. The van der Waals surface area contributed by atoms with Crippen LogP contribution in [0.2, 0.25) is 5.02 Å². The van der Waals surface area contributed by atoms with Crippen LogP contribution in [-0.4, -0.2) is 59.8 Å². The highest BCUT2D eigenvalue weighted by atomic mass is 35.5. The van der Waals surface area contributed by atoms with Gasteiger partial charge in [0.05, 0.1) is 22.8 Å². The average molecular weight is 464 g/mol. The van der Waals surface area contributed by atoms with Gasteiger partial charge in [-0.2, -0.15) is 5.10 Å². The van der Waals surface area contributed by atoms with E-state index in [9.17, 15) is 4.79 Å². The summed E-state index contributed by atoms with van der Waals surface area (Å²) in [7, 11) is 0. The molecule has 33 heavy (non-hydrogen) atoms. The summed E-state index contributed by atoms with van der Waals surface area (Å²) >= 11 is 6.75. The van der Waals surface area contributed by atoms with Crippen LogP contribution in [-0.2, 0) is 4.79 Å². The number of piperazine rings is 1. The number of carbonyl (C=O) groups excluding carboxylic acids is 1. The van der Waals surface area contributed by atoms with E-state index >= 15 is 4.39 Å². The lowest BCUT2D eigenvalue weighted by Crippen LogP contribution is -2.50. The average Bonchev–Trinajstić information content (AvgIpc) is 3.57. The molecule has 0 saturated carbocycles. The second kappa shape index (κ2) is 7.71. The molecule has 2 N–H and O–H groups in total. The second-order valence-electron chi connectivity index (χ2n) is 8.78. The molecule has 0 radical (unpaired) electrons. The normalized spacial score (nSPS) is 18.3. The summed E-state index contributed by atoms with van der Waals surface area (Å²) in [5, 5.41) is 12.7. The summed E-state index contributed by atoms with van der Waals surface area (Å²) in [4.78, 5) is 16.5. The van der Waals surface area contributed by atoms with Gasteiger partial charge in [-0.1, -0.05) is 29.8 Å². The minimum atomic E-state index is -0.329. The van der Waals surface area contributed by atoms with E-state index in [-0.39, 0.29) is 17.8 Å². The van der Waals surface area contributed by atoms with E-state index in [1.54, 1.807) is 12.3 Å². The van der Waals surface area contributed by atoms with E-state index in [0.717, 1.165) is 39.6 Å². The third-order valence-electron chi connectivity index (χ3n) is 6.77. The molecule has 4 aromatic rings. The Morgan fingerprint density at radius 2 is 1.88 bits per heavy atom. The van der Waals surface area contributed by atoms with Gasteiger partial charge in [-0.15, -0.1) is 0 Å². The third kappa shape index (κ3) is 3.34. The van der Waals surface area contributed by atoms with Gasteiger partial charge in [-0.05, 0) is 30.7 Å². The van der Waals surface area contributed by atoms with E-state index in [4.69, 9.17) is 11.6 Å². The van der Waals surface area contributed by atoms with Crippen molar-refractivity contribution in [1.29, 1.82) is 0 Å². The fourth-order valence-electron chi connectivity index (χ4n) is 4.92. The summed E-state index contributed by atoms with van der Waals surface area (Å²) < 4.78 is 16.0. The lowest BCUT2D eigenvalue weighted by atomic mass is 9.93. The van der Waals surface area contributed by atoms with E-state index < -0.39 is 0 Å². The number of hydrogen-bond acceptors (Lipinski definition) is 4. The molecular formula is C25H23ClFN5O. The maximum absolute atomic E-state index is 16.0. The number of amides is 1. The molecule has 6 rings (SSSR count). The van der Waals surface area contributed by atoms with Gasteiger partial charge in [0, 0.05) is 65.7 Å². The summed E-state index contributed by atoms with van der Waals surface area (Å²) in [5.41, 5.74) is 3.88. The number of anilines is 1. The maximum atomic E-state index is 16.0. The summed E-state index contributed by atoms with van der Waals surface area (Å²) in [6.45, 7) is 5.44. The van der Waals surface area contributed by atoms with Crippen molar-refractivity contribution in [3.63, 3.8) is 0 Å². The quantitative estimate of drug-likeness (QED) is 0.448. The smallest absolute Gasteiger partial charge is 0.241 e. The number of H-pyrrole nitrogens is 1. The number of nitrogens with zero attached hydrogens (tertiary/aromatic N) is 3. The van der Waals surface area contributed by atoms with Gasteiger partial charge >= 0.3 is 0 Å². The molecule has 6 nitrogen and oxygen atoms in total. The second-order valence-corrected chi connectivity index (χ2v) is 9.19. The van der Waals surface area contributed by atoms with Crippen molar-refractivity contribution in [2.45, 2.75) is 13.0 Å². The number of aromatic amines is 1. The van der Waals surface area contributed by atoms with Crippen LogP contribution in [0.1, 0.15) is 5.56 Å². The molecule has 2 aliphatic heterocycles. The van der Waals surface area contributed by atoms with Crippen LogP contribution in [0, 0.1) is 12.7 Å². The first kappa shape index (κ1) is 20.4. The number of nitrogens with one attached hydrogen (secondary N) is 2. The van der Waals surface area contributed by atoms with Crippen LogP contribution in [0.5, 0.6) is 0 Å². The van der Waals surface area contributed by atoms with Gasteiger partial charge in [0.2, 0.25) is 5.91 Å². The predicted molar refractivity (Wildman–Crippen MR) is 129 cm³/mol. The van der Waals surface area contributed by atoms with Crippen LogP contribution in [0.4, 0.5) is 10.1 Å². The number of hydrogen-bond donors (Lipinski definition) is 2. The highest BCUT2D eigenvalue weighted by Crippen LogP contribution is 2.42. The first-order chi connectivity index (χ1) is 16.0. The summed E-state index contributed by atoms with van der Waals surface area (Å²) in [6, 6.07) is 11.4. The van der Waals surface area contributed by atoms with Gasteiger partial charge < -0.3 is 15.1 Å². The number of fused-ring (bicyclic) bond motifs is 2. The first-order valence-electron chi connectivity index (χ1n) is 11.1. The molecule has 1 atom stereocenters. The van der Waals surface area contributed by atoms with Crippen LogP contribution in [0.15, 0.2) is 42.6 Å². The van der Waals surface area contributed by atoms with E-state index in [2.05, 4.69) is 20.4 Å². The fraction of sp³-hybridized carbons (Fsp3) is 0.280. The Hall–Kier alpha value is -3.16. The number of halogens is 2. The molecule has 1 aromatic heterocycles. The monoisotopic (exact) mass is 463 g/mol. The molecule has 3 heterocycles. The molecule has 0 aliphatic carbocycles. The molecule has 0 spiro atoms. The van der Waals surface area contributed by atoms with Crippen molar-refractivity contribution in [3.05, 3.63) is 59.0 Å². The molecular weight excluding hydrogens is 441 g/mol. The Kier molecular flexibility index (Phi) is 4.78. The lowest BCUT2D eigenvalue weighted by molar-refractivity contribution is -0.130. The maximum Gasteiger partial charge on any atom is 0.241 e. The van der Waals surface area contributed by atoms with E-state index in [1.807, 2.05) is 42.2 Å². The SMILES string of the molecule is Cc1ccc2[nH]ncc2c1-c1c(Cl)cc2c(N3CCN(C(=O)[C@@H]4CN4)CC3)cccc2c1F. The first-order valence-corrected chi connectivity index (χ1v) is 11.5. The predicted octanol–water partition coefficient (Wildman–Crippen LogP) is 4.10. The third-order valence-corrected chi connectivity index (χ3v) is 7.07. The molecule has 0 bridgehead atoms.